The molecular weight excluding hydrogens is 304 g/mol. The van der Waals surface area contributed by atoms with Crippen LogP contribution in [0.5, 0.6) is 11.5 Å². The van der Waals surface area contributed by atoms with Crippen molar-refractivity contribution in [3.05, 3.63) is 58.8 Å². The molecule has 0 saturated carbocycles. The Kier molecular flexibility index (Phi) is 4.85. The van der Waals surface area contributed by atoms with Crippen LogP contribution in [0.1, 0.15) is 26.2 Å². The molecule has 0 aliphatic rings. The van der Waals surface area contributed by atoms with Gasteiger partial charge in [0.05, 0.1) is 6.61 Å². The van der Waals surface area contributed by atoms with E-state index in [0.717, 1.165) is 19.3 Å². The van der Waals surface area contributed by atoms with Gasteiger partial charge in [0.15, 0.2) is 5.76 Å². The summed E-state index contributed by atoms with van der Waals surface area (Å²) in [5.41, 5.74) is 0.592. The van der Waals surface area contributed by atoms with Crippen LogP contribution in [0.3, 0.4) is 0 Å². The fraction of sp³-hybridized carbons (Fsp3) is 0.250. The molecule has 1 heterocycles. The minimum atomic E-state index is -0.471. The van der Waals surface area contributed by atoms with Gasteiger partial charge in [-0.15, -0.1) is 0 Å². The summed E-state index contributed by atoms with van der Waals surface area (Å²) in [4.78, 5) is 12.6. The van der Waals surface area contributed by atoms with Gasteiger partial charge in [-0.1, -0.05) is 56.2 Å². The van der Waals surface area contributed by atoms with Crippen molar-refractivity contribution in [1.29, 1.82) is 0 Å². The van der Waals surface area contributed by atoms with E-state index < -0.39 is 11.2 Å². The molecule has 2 aromatic carbocycles. The lowest BCUT2D eigenvalue weighted by atomic mass is 10.1. The predicted molar refractivity (Wildman–Crippen MR) is 94.6 cm³/mol. The van der Waals surface area contributed by atoms with Crippen molar-refractivity contribution in [3.8, 4) is 22.8 Å². The van der Waals surface area contributed by atoms with Gasteiger partial charge in [0.1, 0.15) is 16.7 Å². The summed E-state index contributed by atoms with van der Waals surface area (Å²) in [6, 6.07) is 14.3. The van der Waals surface area contributed by atoms with Crippen molar-refractivity contribution in [2.45, 2.75) is 26.2 Å². The van der Waals surface area contributed by atoms with Crippen molar-refractivity contribution >= 4 is 11.0 Å². The van der Waals surface area contributed by atoms with Crippen molar-refractivity contribution in [2.24, 2.45) is 0 Å². The Balaban J connectivity index is 2.06. The fourth-order valence-electron chi connectivity index (χ4n) is 2.64. The topological polar surface area (TPSA) is 59.7 Å². The zero-order valence-electron chi connectivity index (χ0n) is 13.6. The van der Waals surface area contributed by atoms with Gasteiger partial charge in [0.2, 0.25) is 11.2 Å². The quantitative estimate of drug-likeness (QED) is 0.666. The average Bonchev–Trinajstić information content (AvgIpc) is 2.62. The first-order chi connectivity index (χ1) is 11.7. The van der Waals surface area contributed by atoms with Gasteiger partial charge in [-0.3, -0.25) is 4.79 Å². The Bertz CT molecular complexity index is 881. The highest BCUT2D eigenvalue weighted by Gasteiger charge is 2.18. The zero-order valence-corrected chi connectivity index (χ0v) is 13.6. The van der Waals surface area contributed by atoms with Crippen LogP contribution in [-0.4, -0.2) is 11.7 Å². The summed E-state index contributed by atoms with van der Waals surface area (Å²) >= 11 is 0. The number of benzene rings is 2. The van der Waals surface area contributed by atoms with Gasteiger partial charge >= 0.3 is 0 Å². The molecule has 1 aromatic heterocycles. The van der Waals surface area contributed by atoms with Crippen LogP contribution in [0.2, 0.25) is 0 Å². The van der Waals surface area contributed by atoms with Gasteiger partial charge < -0.3 is 14.3 Å². The maximum Gasteiger partial charge on any atom is 0.238 e. The standard InChI is InChI=1S/C20H20O4/c1-2-3-7-13-23-15-11-8-12-16-17(15)18(21)19(22)20(24-16)14-9-5-4-6-10-14/h4-6,8-12,22H,2-3,7,13H2,1H3. The van der Waals surface area contributed by atoms with Crippen molar-refractivity contribution in [2.75, 3.05) is 6.61 Å². The van der Waals surface area contributed by atoms with Gasteiger partial charge in [-0.2, -0.15) is 0 Å². The smallest absolute Gasteiger partial charge is 0.238 e. The first-order valence-electron chi connectivity index (χ1n) is 8.19. The molecule has 4 heteroatoms. The first-order valence-corrected chi connectivity index (χ1v) is 8.19. The SMILES string of the molecule is CCCCCOc1cccc2oc(-c3ccccc3)c(O)c(=O)c12. The number of hydrogen-bond donors (Lipinski definition) is 1. The molecule has 0 fully saturated rings. The molecule has 0 unspecified atom stereocenters. The lowest BCUT2D eigenvalue weighted by Crippen LogP contribution is -2.06. The van der Waals surface area contributed by atoms with Gasteiger partial charge in [-0.25, -0.2) is 0 Å². The molecule has 1 N–H and O–H groups in total. The molecule has 24 heavy (non-hydrogen) atoms. The summed E-state index contributed by atoms with van der Waals surface area (Å²) in [5, 5.41) is 10.6. The minimum absolute atomic E-state index is 0.177. The van der Waals surface area contributed by atoms with E-state index in [9.17, 15) is 9.90 Å². The van der Waals surface area contributed by atoms with E-state index >= 15 is 0 Å². The Labute approximate surface area is 140 Å². The van der Waals surface area contributed by atoms with Crippen molar-refractivity contribution in [3.63, 3.8) is 0 Å². The van der Waals surface area contributed by atoms with E-state index in [1.54, 1.807) is 30.3 Å². The Morgan fingerprint density at radius 2 is 1.83 bits per heavy atom. The number of rotatable bonds is 6. The molecular formula is C20H20O4. The largest absolute Gasteiger partial charge is 0.502 e. The third-order valence-corrected chi connectivity index (χ3v) is 3.90. The molecule has 0 amide bonds. The second-order valence-electron chi connectivity index (χ2n) is 5.66. The van der Waals surface area contributed by atoms with Gasteiger partial charge in [0.25, 0.3) is 0 Å². The summed E-state index contributed by atoms with van der Waals surface area (Å²) in [6.07, 6.45) is 3.09. The van der Waals surface area contributed by atoms with E-state index in [4.69, 9.17) is 9.15 Å². The average molecular weight is 324 g/mol. The summed E-state index contributed by atoms with van der Waals surface area (Å²) in [5.74, 6) is 0.238. The second kappa shape index (κ2) is 7.21. The van der Waals surface area contributed by atoms with Crippen molar-refractivity contribution in [1.82, 2.24) is 0 Å². The number of aromatic hydroxyl groups is 1. The highest BCUT2D eigenvalue weighted by atomic mass is 16.5. The van der Waals surface area contributed by atoms with Crippen LogP contribution in [0.25, 0.3) is 22.3 Å². The van der Waals surface area contributed by atoms with E-state index in [0.29, 0.717) is 23.5 Å². The molecule has 0 aliphatic carbocycles. The highest BCUT2D eigenvalue weighted by Crippen LogP contribution is 2.32. The van der Waals surface area contributed by atoms with Crippen LogP contribution < -0.4 is 10.2 Å². The molecule has 4 nitrogen and oxygen atoms in total. The molecule has 0 atom stereocenters. The summed E-state index contributed by atoms with van der Waals surface area (Å²) in [6.45, 7) is 2.66. The van der Waals surface area contributed by atoms with Crippen LogP contribution in [0, 0.1) is 0 Å². The number of unbranched alkanes of at least 4 members (excludes halogenated alkanes) is 2. The molecule has 0 saturated heterocycles. The molecule has 0 spiro atoms. The monoisotopic (exact) mass is 324 g/mol. The van der Waals surface area contributed by atoms with Crippen LogP contribution in [-0.2, 0) is 0 Å². The van der Waals surface area contributed by atoms with Crippen LogP contribution >= 0.6 is 0 Å². The maximum atomic E-state index is 12.6. The Morgan fingerprint density at radius 3 is 2.58 bits per heavy atom. The van der Waals surface area contributed by atoms with E-state index in [2.05, 4.69) is 6.92 Å². The molecule has 124 valence electrons. The van der Waals surface area contributed by atoms with Crippen LogP contribution in [0.15, 0.2) is 57.7 Å². The zero-order chi connectivity index (χ0) is 16.9. The lowest BCUT2D eigenvalue weighted by Gasteiger charge is -2.10. The fourth-order valence-corrected chi connectivity index (χ4v) is 2.64. The van der Waals surface area contributed by atoms with E-state index in [-0.39, 0.29) is 11.1 Å². The number of hydrogen-bond acceptors (Lipinski definition) is 4. The molecule has 3 rings (SSSR count). The predicted octanol–water partition coefficient (Wildman–Crippen LogP) is 4.73. The molecule has 0 aliphatic heterocycles. The lowest BCUT2D eigenvalue weighted by molar-refractivity contribution is 0.309. The summed E-state index contributed by atoms with van der Waals surface area (Å²) in [7, 11) is 0. The Hall–Kier alpha value is -2.75. The second-order valence-corrected chi connectivity index (χ2v) is 5.66. The number of ether oxygens (including phenoxy) is 1. The van der Waals surface area contributed by atoms with E-state index in [1.807, 2.05) is 18.2 Å². The number of fused-ring (bicyclic) bond motifs is 1. The third-order valence-electron chi connectivity index (χ3n) is 3.90. The Morgan fingerprint density at radius 1 is 1.04 bits per heavy atom. The first kappa shape index (κ1) is 16.1. The van der Waals surface area contributed by atoms with Crippen LogP contribution in [0.4, 0.5) is 0 Å². The summed E-state index contributed by atoms with van der Waals surface area (Å²) < 4.78 is 11.5. The van der Waals surface area contributed by atoms with Crippen molar-refractivity contribution < 1.29 is 14.3 Å². The van der Waals surface area contributed by atoms with Gasteiger partial charge in [-0.05, 0) is 18.6 Å². The maximum absolute atomic E-state index is 12.6. The van der Waals surface area contributed by atoms with Gasteiger partial charge in [0, 0.05) is 5.56 Å². The highest BCUT2D eigenvalue weighted by molar-refractivity contribution is 5.87. The molecule has 3 aromatic rings. The normalized spacial score (nSPS) is 10.9. The molecule has 0 radical (unpaired) electrons. The van der Waals surface area contributed by atoms with E-state index in [1.165, 1.54) is 0 Å². The minimum Gasteiger partial charge on any atom is -0.502 e. The third kappa shape index (κ3) is 3.13. The molecule has 0 bridgehead atoms.